The van der Waals surface area contributed by atoms with Crippen molar-refractivity contribution in [3.63, 3.8) is 0 Å². The van der Waals surface area contributed by atoms with E-state index >= 15 is 0 Å². The van der Waals surface area contributed by atoms with Crippen molar-refractivity contribution >= 4 is 17.5 Å². The highest BCUT2D eigenvalue weighted by Gasteiger charge is 2.14. The van der Waals surface area contributed by atoms with E-state index in [1.807, 2.05) is 12.1 Å². The van der Waals surface area contributed by atoms with Gasteiger partial charge in [0.05, 0.1) is 12.4 Å². The van der Waals surface area contributed by atoms with Crippen molar-refractivity contribution in [1.82, 2.24) is 14.9 Å². The van der Waals surface area contributed by atoms with Gasteiger partial charge in [0.25, 0.3) is 5.91 Å². The highest BCUT2D eigenvalue weighted by Crippen LogP contribution is 2.16. The Hall–Kier alpha value is -1.94. The zero-order valence-electron chi connectivity index (χ0n) is 12.4. The molecule has 0 atom stereocenters. The fourth-order valence-corrected chi connectivity index (χ4v) is 2.07. The highest BCUT2D eigenvalue weighted by atomic mass is 35.5. The van der Waals surface area contributed by atoms with Crippen LogP contribution in [0.1, 0.15) is 41.4 Å². The third-order valence-corrected chi connectivity index (χ3v) is 3.45. The number of nitrogens with zero attached hydrogens (tertiary/aromatic N) is 3. The van der Waals surface area contributed by atoms with Crippen LogP contribution in [0.2, 0.25) is 5.15 Å². The fourth-order valence-electron chi connectivity index (χ4n) is 1.97. The Balaban J connectivity index is 2.05. The Morgan fingerprint density at radius 3 is 2.38 bits per heavy atom. The van der Waals surface area contributed by atoms with Gasteiger partial charge in [-0.15, -0.1) is 0 Å². The summed E-state index contributed by atoms with van der Waals surface area (Å²) in [6.07, 6.45) is 2.77. The number of amides is 1. The first-order chi connectivity index (χ1) is 9.97. The minimum atomic E-state index is -0.174. The second kappa shape index (κ2) is 6.68. The molecular weight excluding hydrogens is 286 g/mol. The van der Waals surface area contributed by atoms with Gasteiger partial charge >= 0.3 is 0 Å². The Morgan fingerprint density at radius 1 is 1.19 bits per heavy atom. The van der Waals surface area contributed by atoms with Crippen molar-refractivity contribution in [3.05, 3.63) is 58.6 Å². The normalized spacial score (nSPS) is 10.7. The first-order valence-corrected chi connectivity index (χ1v) is 7.17. The molecule has 0 saturated carbocycles. The molecule has 0 aliphatic heterocycles. The molecule has 110 valence electrons. The monoisotopic (exact) mass is 303 g/mol. The molecule has 0 unspecified atom stereocenters. The molecule has 1 aromatic heterocycles. The van der Waals surface area contributed by atoms with E-state index in [1.165, 1.54) is 18.0 Å². The Kier molecular flexibility index (Phi) is 4.91. The summed E-state index contributed by atoms with van der Waals surface area (Å²) in [5.41, 5.74) is 2.66. The second-order valence-corrected chi connectivity index (χ2v) is 5.67. The zero-order chi connectivity index (χ0) is 15.4. The van der Waals surface area contributed by atoms with Crippen molar-refractivity contribution in [2.75, 3.05) is 7.05 Å². The highest BCUT2D eigenvalue weighted by molar-refractivity contribution is 6.29. The van der Waals surface area contributed by atoms with Gasteiger partial charge in [-0.1, -0.05) is 49.7 Å². The number of halogens is 1. The van der Waals surface area contributed by atoms with E-state index in [0.717, 1.165) is 5.56 Å². The molecule has 4 nitrogen and oxygen atoms in total. The Bertz CT molecular complexity index is 608. The summed E-state index contributed by atoms with van der Waals surface area (Å²) in [7, 11) is 1.75. The third-order valence-electron chi connectivity index (χ3n) is 3.25. The summed E-state index contributed by atoms with van der Waals surface area (Å²) in [5, 5.41) is 0.276. The average Bonchev–Trinajstić information content (AvgIpc) is 2.47. The van der Waals surface area contributed by atoms with Gasteiger partial charge in [0.1, 0.15) is 10.8 Å². The lowest BCUT2D eigenvalue weighted by Gasteiger charge is -2.17. The number of hydrogen-bond donors (Lipinski definition) is 0. The lowest BCUT2D eigenvalue weighted by molar-refractivity contribution is 0.0779. The van der Waals surface area contributed by atoms with E-state index in [1.54, 1.807) is 11.9 Å². The Morgan fingerprint density at radius 2 is 1.86 bits per heavy atom. The molecule has 1 amide bonds. The maximum atomic E-state index is 12.2. The van der Waals surface area contributed by atoms with Crippen molar-refractivity contribution in [2.24, 2.45) is 0 Å². The van der Waals surface area contributed by atoms with Crippen LogP contribution in [-0.4, -0.2) is 27.8 Å². The average molecular weight is 304 g/mol. The smallest absolute Gasteiger partial charge is 0.274 e. The van der Waals surface area contributed by atoms with Crippen LogP contribution in [0, 0.1) is 0 Å². The number of rotatable bonds is 4. The number of aromatic nitrogens is 2. The first-order valence-electron chi connectivity index (χ1n) is 6.79. The van der Waals surface area contributed by atoms with E-state index in [-0.39, 0.29) is 11.1 Å². The van der Waals surface area contributed by atoms with Crippen LogP contribution in [0.5, 0.6) is 0 Å². The quantitative estimate of drug-likeness (QED) is 0.868. The third kappa shape index (κ3) is 4.02. The SMILES string of the molecule is CC(C)c1ccc(CN(C)C(=O)c2cnc(Cl)cn2)cc1. The van der Waals surface area contributed by atoms with Crippen LogP contribution in [0.15, 0.2) is 36.7 Å². The zero-order valence-corrected chi connectivity index (χ0v) is 13.1. The number of hydrogen-bond acceptors (Lipinski definition) is 3. The van der Waals surface area contributed by atoms with E-state index < -0.39 is 0 Å². The molecule has 21 heavy (non-hydrogen) atoms. The van der Waals surface area contributed by atoms with Gasteiger partial charge in [0, 0.05) is 13.6 Å². The minimum Gasteiger partial charge on any atom is -0.336 e. The summed E-state index contributed by atoms with van der Waals surface area (Å²) in [6.45, 7) is 4.84. The molecule has 1 heterocycles. The van der Waals surface area contributed by atoms with E-state index in [0.29, 0.717) is 18.2 Å². The maximum absolute atomic E-state index is 12.2. The summed E-state index contributed by atoms with van der Waals surface area (Å²) in [6, 6.07) is 8.29. The van der Waals surface area contributed by atoms with Crippen molar-refractivity contribution in [3.8, 4) is 0 Å². The van der Waals surface area contributed by atoms with Crippen molar-refractivity contribution < 1.29 is 4.79 Å². The summed E-state index contributed by atoms with van der Waals surface area (Å²) < 4.78 is 0. The van der Waals surface area contributed by atoms with Crippen LogP contribution in [0.25, 0.3) is 0 Å². The van der Waals surface area contributed by atoms with Crippen molar-refractivity contribution in [2.45, 2.75) is 26.3 Å². The van der Waals surface area contributed by atoms with E-state index in [4.69, 9.17) is 11.6 Å². The van der Waals surface area contributed by atoms with Gasteiger partial charge in [0.15, 0.2) is 0 Å². The van der Waals surface area contributed by atoms with E-state index in [2.05, 4.69) is 35.9 Å². The van der Waals surface area contributed by atoms with Gasteiger partial charge in [-0.25, -0.2) is 9.97 Å². The standard InChI is InChI=1S/C16H18ClN3O/c1-11(2)13-6-4-12(5-7-13)10-20(3)16(21)14-8-19-15(17)9-18-14/h4-9,11H,10H2,1-3H3. The predicted octanol–water partition coefficient (Wildman–Crippen LogP) is 3.53. The number of benzene rings is 1. The minimum absolute atomic E-state index is 0.174. The molecule has 2 rings (SSSR count). The molecule has 5 heteroatoms. The largest absolute Gasteiger partial charge is 0.336 e. The lowest BCUT2D eigenvalue weighted by Crippen LogP contribution is -2.27. The maximum Gasteiger partial charge on any atom is 0.274 e. The van der Waals surface area contributed by atoms with Gasteiger partial charge < -0.3 is 4.90 Å². The summed E-state index contributed by atoms with van der Waals surface area (Å²) >= 11 is 5.67. The molecule has 0 saturated heterocycles. The predicted molar refractivity (Wildman–Crippen MR) is 83.4 cm³/mol. The molecule has 0 aliphatic rings. The van der Waals surface area contributed by atoms with Crippen LogP contribution in [0.3, 0.4) is 0 Å². The number of carbonyl (C=O) groups excluding carboxylic acids is 1. The molecule has 0 fully saturated rings. The van der Waals surface area contributed by atoms with Gasteiger partial charge in [-0.3, -0.25) is 4.79 Å². The van der Waals surface area contributed by atoms with Gasteiger partial charge in [-0.05, 0) is 17.0 Å². The van der Waals surface area contributed by atoms with Crippen LogP contribution < -0.4 is 0 Å². The lowest BCUT2D eigenvalue weighted by atomic mass is 10.0. The van der Waals surface area contributed by atoms with Gasteiger partial charge in [-0.2, -0.15) is 0 Å². The first kappa shape index (κ1) is 15.4. The van der Waals surface area contributed by atoms with E-state index in [9.17, 15) is 4.79 Å². The van der Waals surface area contributed by atoms with Crippen molar-refractivity contribution in [1.29, 1.82) is 0 Å². The second-order valence-electron chi connectivity index (χ2n) is 5.28. The fraction of sp³-hybridized carbons (Fsp3) is 0.312. The molecule has 0 radical (unpaired) electrons. The summed E-state index contributed by atoms with van der Waals surface area (Å²) in [4.78, 5) is 21.7. The molecule has 1 aromatic carbocycles. The molecule has 0 bridgehead atoms. The Labute approximate surface area is 129 Å². The topological polar surface area (TPSA) is 46.1 Å². The van der Waals surface area contributed by atoms with Gasteiger partial charge in [0.2, 0.25) is 0 Å². The summed E-state index contributed by atoms with van der Waals surface area (Å²) in [5.74, 6) is 0.329. The molecule has 0 aliphatic carbocycles. The number of carbonyl (C=O) groups is 1. The molecule has 0 N–H and O–H groups in total. The molecular formula is C16H18ClN3O. The van der Waals surface area contributed by atoms with Crippen LogP contribution >= 0.6 is 11.6 Å². The van der Waals surface area contributed by atoms with Crippen LogP contribution in [-0.2, 0) is 6.54 Å². The molecule has 0 spiro atoms. The van der Waals surface area contributed by atoms with Crippen LogP contribution in [0.4, 0.5) is 0 Å². The molecule has 2 aromatic rings.